The minimum Gasteiger partial charge on any atom is -0.308 e. The summed E-state index contributed by atoms with van der Waals surface area (Å²) in [6, 6.07) is 23.8. The zero-order valence-corrected chi connectivity index (χ0v) is 17.6. The van der Waals surface area contributed by atoms with Crippen LogP contribution in [0.3, 0.4) is 0 Å². The molecule has 5 nitrogen and oxygen atoms in total. The number of H-pyrrole nitrogens is 1. The fraction of sp³-hybridized carbons (Fsp3) is 0.0769. The molecule has 0 fully saturated rings. The highest BCUT2D eigenvalue weighted by molar-refractivity contribution is 5.92. The maximum atomic E-state index is 13.9. The van der Waals surface area contributed by atoms with Crippen molar-refractivity contribution < 1.29 is 8.78 Å². The molecule has 5 rings (SSSR count). The second kappa shape index (κ2) is 8.80. The molecule has 2 heterocycles. The average Bonchev–Trinajstić information content (AvgIpc) is 3.19. The molecule has 0 atom stereocenters. The van der Waals surface area contributed by atoms with Crippen LogP contribution < -0.4 is 10.9 Å². The smallest absolute Gasteiger partial charge is 0.254 e. The first kappa shape index (κ1) is 20.8. The molecule has 0 aliphatic rings. The summed E-state index contributed by atoms with van der Waals surface area (Å²) in [6.45, 7) is 0.539. The fourth-order valence-corrected chi connectivity index (χ4v) is 3.80. The van der Waals surface area contributed by atoms with Gasteiger partial charge in [-0.3, -0.25) is 4.79 Å². The van der Waals surface area contributed by atoms with Gasteiger partial charge in [0.05, 0.1) is 5.69 Å². The van der Waals surface area contributed by atoms with Gasteiger partial charge in [0, 0.05) is 35.2 Å². The zero-order chi connectivity index (χ0) is 22.8. The number of aromatic nitrogens is 3. The van der Waals surface area contributed by atoms with Crippen LogP contribution in [0.15, 0.2) is 89.7 Å². The summed E-state index contributed by atoms with van der Waals surface area (Å²) in [5.74, 6) is -0.630. The predicted molar refractivity (Wildman–Crippen MR) is 124 cm³/mol. The lowest BCUT2D eigenvalue weighted by Gasteiger charge is -2.07. The van der Waals surface area contributed by atoms with E-state index in [1.807, 2.05) is 30.3 Å². The first-order valence-electron chi connectivity index (χ1n) is 10.5. The lowest BCUT2D eigenvalue weighted by molar-refractivity contribution is 0.587. The normalized spacial score (nSPS) is 11.2. The lowest BCUT2D eigenvalue weighted by Crippen LogP contribution is -2.21. The SMILES string of the molecule is O=c1[nH]c2c(cc1CNCc1ccccc1F)c(-c1ccc(F)cc1)nn2-c1ccccc1. The molecule has 164 valence electrons. The summed E-state index contributed by atoms with van der Waals surface area (Å²) >= 11 is 0. The Balaban J connectivity index is 1.56. The van der Waals surface area contributed by atoms with E-state index in [2.05, 4.69) is 10.3 Å². The first-order valence-corrected chi connectivity index (χ1v) is 10.5. The molecule has 3 aromatic carbocycles. The summed E-state index contributed by atoms with van der Waals surface area (Å²) in [5, 5.41) is 8.60. The van der Waals surface area contributed by atoms with Gasteiger partial charge in [-0.15, -0.1) is 0 Å². The van der Waals surface area contributed by atoms with E-state index in [1.54, 1.807) is 41.1 Å². The third-order valence-corrected chi connectivity index (χ3v) is 5.47. The Bertz CT molecular complexity index is 1470. The van der Waals surface area contributed by atoms with Gasteiger partial charge in [-0.1, -0.05) is 36.4 Å². The van der Waals surface area contributed by atoms with E-state index in [9.17, 15) is 13.6 Å². The number of hydrogen-bond acceptors (Lipinski definition) is 3. The molecule has 0 radical (unpaired) electrons. The molecular formula is C26H20F2N4O. The van der Waals surface area contributed by atoms with Gasteiger partial charge in [-0.25, -0.2) is 13.5 Å². The third-order valence-electron chi connectivity index (χ3n) is 5.47. The Kier molecular flexibility index (Phi) is 5.54. The summed E-state index contributed by atoms with van der Waals surface area (Å²) in [4.78, 5) is 15.8. The van der Waals surface area contributed by atoms with Crippen molar-refractivity contribution in [3.8, 4) is 16.9 Å². The van der Waals surface area contributed by atoms with E-state index in [4.69, 9.17) is 5.10 Å². The molecule has 2 N–H and O–H groups in total. The van der Waals surface area contributed by atoms with E-state index in [0.717, 1.165) is 16.6 Å². The summed E-state index contributed by atoms with van der Waals surface area (Å²) in [6.07, 6.45) is 0. The molecule has 0 saturated carbocycles. The Labute approximate surface area is 188 Å². The maximum Gasteiger partial charge on any atom is 0.254 e. The van der Waals surface area contributed by atoms with Gasteiger partial charge in [0.1, 0.15) is 23.0 Å². The van der Waals surface area contributed by atoms with Crippen LogP contribution >= 0.6 is 0 Å². The van der Waals surface area contributed by atoms with Crippen LogP contribution in [-0.2, 0) is 13.1 Å². The van der Waals surface area contributed by atoms with Gasteiger partial charge < -0.3 is 10.3 Å². The minimum absolute atomic E-state index is 0.249. The molecular weight excluding hydrogens is 422 g/mol. The Morgan fingerprint density at radius 2 is 1.55 bits per heavy atom. The standard InChI is InChI=1S/C26H20F2N4O/c27-20-12-10-17(11-13-20)24-22-14-19(16-29-15-18-6-4-5-9-23(18)28)26(33)30-25(22)32(31-24)21-7-2-1-3-8-21/h1-14,29H,15-16H2,(H,30,33). The number of halogens is 2. The van der Waals surface area contributed by atoms with Crippen molar-refractivity contribution in [2.24, 2.45) is 0 Å². The van der Waals surface area contributed by atoms with Gasteiger partial charge in [-0.2, -0.15) is 5.10 Å². The number of para-hydroxylation sites is 1. The van der Waals surface area contributed by atoms with Crippen LogP contribution in [0.5, 0.6) is 0 Å². The number of nitrogens with zero attached hydrogens (tertiary/aromatic N) is 2. The van der Waals surface area contributed by atoms with Crippen LogP contribution in [0.1, 0.15) is 11.1 Å². The number of fused-ring (bicyclic) bond motifs is 1. The Hall–Kier alpha value is -4.10. The van der Waals surface area contributed by atoms with Crippen LogP contribution in [0, 0.1) is 11.6 Å². The Morgan fingerprint density at radius 1 is 0.848 bits per heavy atom. The second-order valence-corrected chi connectivity index (χ2v) is 7.68. The largest absolute Gasteiger partial charge is 0.308 e. The molecule has 0 spiro atoms. The molecule has 0 aliphatic carbocycles. The van der Waals surface area contributed by atoms with Gasteiger partial charge >= 0.3 is 0 Å². The summed E-state index contributed by atoms with van der Waals surface area (Å²) < 4.78 is 29.1. The van der Waals surface area contributed by atoms with Gasteiger partial charge in [0.15, 0.2) is 0 Å². The van der Waals surface area contributed by atoms with E-state index >= 15 is 0 Å². The molecule has 5 aromatic rings. The number of hydrogen-bond donors (Lipinski definition) is 2. The van der Waals surface area contributed by atoms with E-state index in [-0.39, 0.29) is 30.3 Å². The highest BCUT2D eigenvalue weighted by atomic mass is 19.1. The van der Waals surface area contributed by atoms with Crippen molar-refractivity contribution >= 4 is 11.0 Å². The number of pyridine rings is 1. The van der Waals surface area contributed by atoms with E-state index in [1.165, 1.54) is 18.2 Å². The first-order chi connectivity index (χ1) is 16.1. The summed E-state index contributed by atoms with van der Waals surface area (Å²) in [5.41, 5.74) is 3.45. The van der Waals surface area contributed by atoms with Crippen LogP contribution in [-0.4, -0.2) is 14.8 Å². The van der Waals surface area contributed by atoms with Crippen molar-refractivity contribution in [1.29, 1.82) is 0 Å². The zero-order valence-electron chi connectivity index (χ0n) is 17.6. The Morgan fingerprint density at radius 3 is 2.30 bits per heavy atom. The van der Waals surface area contributed by atoms with Crippen LogP contribution in [0.25, 0.3) is 28.0 Å². The number of benzene rings is 3. The molecule has 33 heavy (non-hydrogen) atoms. The molecule has 0 amide bonds. The molecule has 0 aliphatic heterocycles. The van der Waals surface area contributed by atoms with Crippen molar-refractivity contribution in [2.45, 2.75) is 13.1 Å². The molecule has 2 aromatic heterocycles. The van der Waals surface area contributed by atoms with Crippen LogP contribution in [0.4, 0.5) is 8.78 Å². The van der Waals surface area contributed by atoms with Gasteiger partial charge in [-0.05, 0) is 48.5 Å². The molecule has 0 bridgehead atoms. The highest BCUT2D eigenvalue weighted by Crippen LogP contribution is 2.29. The van der Waals surface area contributed by atoms with Crippen molar-refractivity contribution in [3.63, 3.8) is 0 Å². The summed E-state index contributed by atoms with van der Waals surface area (Å²) in [7, 11) is 0. The second-order valence-electron chi connectivity index (χ2n) is 7.68. The average molecular weight is 442 g/mol. The quantitative estimate of drug-likeness (QED) is 0.391. The predicted octanol–water partition coefficient (Wildman–Crippen LogP) is 4.95. The number of rotatable bonds is 6. The monoisotopic (exact) mass is 442 g/mol. The number of aromatic amines is 1. The lowest BCUT2D eigenvalue weighted by atomic mass is 10.1. The van der Waals surface area contributed by atoms with Crippen molar-refractivity contribution in [2.75, 3.05) is 0 Å². The molecule has 0 saturated heterocycles. The number of nitrogens with one attached hydrogen (secondary N) is 2. The highest BCUT2D eigenvalue weighted by Gasteiger charge is 2.17. The van der Waals surface area contributed by atoms with Crippen LogP contribution in [0.2, 0.25) is 0 Å². The van der Waals surface area contributed by atoms with E-state index in [0.29, 0.717) is 22.5 Å². The minimum atomic E-state index is -0.336. The van der Waals surface area contributed by atoms with Gasteiger partial charge in [0.2, 0.25) is 0 Å². The van der Waals surface area contributed by atoms with Crippen molar-refractivity contribution in [3.05, 3.63) is 118 Å². The van der Waals surface area contributed by atoms with Gasteiger partial charge in [0.25, 0.3) is 5.56 Å². The molecule has 0 unspecified atom stereocenters. The maximum absolute atomic E-state index is 13.9. The van der Waals surface area contributed by atoms with E-state index < -0.39 is 0 Å². The van der Waals surface area contributed by atoms with Crippen molar-refractivity contribution in [1.82, 2.24) is 20.1 Å². The third kappa shape index (κ3) is 4.18. The molecule has 7 heteroatoms. The fourth-order valence-electron chi connectivity index (χ4n) is 3.80. The topological polar surface area (TPSA) is 62.7 Å².